The summed E-state index contributed by atoms with van der Waals surface area (Å²) >= 11 is 0. The first-order valence-corrected chi connectivity index (χ1v) is 7.58. The number of benzene rings is 1. The van der Waals surface area contributed by atoms with Crippen molar-refractivity contribution >= 4 is 0 Å². The topological polar surface area (TPSA) is 24.1 Å². The lowest BCUT2D eigenvalue weighted by atomic mass is 9.97. The van der Waals surface area contributed by atoms with Crippen LogP contribution in [0.3, 0.4) is 0 Å². The average Bonchev–Trinajstić information content (AvgIpc) is 2.93. The molecule has 0 amide bonds. The van der Waals surface area contributed by atoms with Crippen molar-refractivity contribution in [3.8, 4) is 0 Å². The highest BCUT2D eigenvalue weighted by atomic mass is 15.0. The molecule has 0 bridgehead atoms. The van der Waals surface area contributed by atoms with Crippen LogP contribution in [-0.2, 0) is 11.8 Å². The Labute approximate surface area is 117 Å². The zero-order valence-corrected chi connectivity index (χ0v) is 12.4. The van der Waals surface area contributed by atoms with E-state index in [1.165, 1.54) is 19.3 Å². The van der Waals surface area contributed by atoms with Gasteiger partial charge in [-0.05, 0) is 51.2 Å². The molecule has 0 radical (unpaired) electrons. The Kier molecular flexibility index (Phi) is 3.18. The van der Waals surface area contributed by atoms with Crippen molar-refractivity contribution in [1.82, 2.24) is 10.6 Å². The van der Waals surface area contributed by atoms with Crippen LogP contribution in [0, 0.1) is 0 Å². The van der Waals surface area contributed by atoms with Crippen LogP contribution in [0.5, 0.6) is 0 Å². The van der Waals surface area contributed by atoms with Gasteiger partial charge in [-0.3, -0.25) is 0 Å². The van der Waals surface area contributed by atoms with Crippen LogP contribution in [0.15, 0.2) is 24.3 Å². The zero-order valence-electron chi connectivity index (χ0n) is 12.4. The second kappa shape index (κ2) is 4.60. The van der Waals surface area contributed by atoms with Crippen molar-refractivity contribution in [2.24, 2.45) is 0 Å². The Bertz CT molecular complexity index is 461. The van der Waals surface area contributed by atoms with Gasteiger partial charge < -0.3 is 10.6 Å². The summed E-state index contributed by atoms with van der Waals surface area (Å²) < 4.78 is 0. The molecule has 1 aromatic rings. The van der Waals surface area contributed by atoms with Gasteiger partial charge in [-0.25, -0.2) is 0 Å². The average molecular weight is 258 g/mol. The Hall–Kier alpha value is -0.860. The maximum Gasteiger partial charge on any atom is 0.0174 e. The van der Waals surface area contributed by atoms with Crippen LogP contribution in [0.2, 0.25) is 0 Å². The summed E-state index contributed by atoms with van der Waals surface area (Å²) in [6, 6.07) is 9.73. The minimum Gasteiger partial charge on any atom is -0.312 e. The van der Waals surface area contributed by atoms with E-state index in [0.29, 0.717) is 11.5 Å². The molecule has 1 saturated carbocycles. The molecule has 0 heterocycles. The van der Waals surface area contributed by atoms with Crippen molar-refractivity contribution in [3.05, 3.63) is 35.4 Å². The maximum atomic E-state index is 3.74. The number of hydrogen-bond acceptors (Lipinski definition) is 2. The molecule has 2 heteroatoms. The maximum absolute atomic E-state index is 3.74. The fourth-order valence-corrected chi connectivity index (χ4v) is 3.55. The third-order valence-corrected chi connectivity index (χ3v) is 4.64. The molecule has 3 rings (SSSR count). The first kappa shape index (κ1) is 13.1. The monoisotopic (exact) mass is 258 g/mol. The summed E-state index contributed by atoms with van der Waals surface area (Å²) in [4.78, 5) is 0. The normalized spacial score (nSPS) is 28.7. The van der Waals surface area contributed by atoms with Gasteiger partial charge in [-0.2, -0.15) is 0 Å². The van der Waals surface area contributed by atoms with Crippen molar-refractivity contribution < 1.29 is 0 Å². The molecule has 0 saturated heterocycles. The Morgan fingerprint density at radius 1 is 1.21 bits per heavy atom. The molecule has 2 nitrogen and oxygen atoms in total. The molecule has 2 aliphatic carbocycles. The standard InChI is InChI=1S/C17H26N2/c1-16(2,3)19-11-10-18-15-12-17(15)9-8-13-6-4-5-7-14(13)17/h4-7,15,18-19H,8-12H2,1-3H3/t15-,17-/m1/s1. The van der Waals surface area contributed by atoms with E-state index in [-0.39, 0.29) is 5.54 Å². The van der Waals surface area contributed by atoms with E-state index in [1.54, 1.807) is 11.1 Å². The van der Waals surface area contributed by atoms with Gasteiger partial charge in [0.25, 0.3) is 0 Å². The van der Waals surface area contributed by atoms with Gasteiger partial charge in [0.15, 0.2) is 0 Å². The van der Waals surface area contributed by atoms with Crippen LogP contribution in [0.25, 0.3) is 0 Å². The summed E-state index contributed by atoms with van der Waals surface area (Å²) in [5.74, 6) is 0. The zero-order chi connectivity index (χ0) is 13.5. The molecule has 2 atom stereocenters. The van der Waals surface area contributed by atoms with Crippen LogP contribution >= 0.6 is 0 Å². The van der Waals surface area contributed by atoms with Crippen molar-refractivity contribution in [3.63, 3.8) is 0 Å². The molecular weight excluding hydrogens is 232 g/mol. The van der Waals surface area contributed by atoms with Crippen LogP contribution in [0.4, 0.5) is 0 Å². The summed E-state index contributed by atoms with van der Waals surface area (Å²) in [5.41, 5.74) is 3.91. The van der Waals surface area contributed by atoms with E-state index in [0.717, 1.165) is 13.1 Å². The first-order chi connectivity index (χ1) is 9.01. The fraction of sp³-hybridized carbons (Fsp3) is 0.647. The second-order valence-corrected chi connectivity index (χ2v) is 7.20. The summed E-state index contributed by atoms with van der Waals surface area (Å²) in [6.45, 7) is 8.79. The van der Waals surface area contributed by atoms with E-state index in [4.69, 9.17) is 0 Å². The number of fused-ring (bicyclic) bond motifs is 2. The molecule has 0 unspecified atom stereocenters. The SMILES string of the molecule is CC(C)(C)NCCN[C@@H]1C[C@@]12CCc1ccccc12. The predicted molar refractivity (Wildman–Crippen MR) is 80.6 cm³/mol. The smallest absolute Gasteiger partial charge is 0.0174 e. The Morgan fingerprint density at radius 3 is 2.79 bits per heavy atom. The molecule has 104 valence electrons. The summed E-state index contributed by atoms with van der Waals surface area (Å²) in [5, 5.41) is 7.28. The van der Waals surface area contributed by atoms with Crippen molar-refractivity contribution in [2.75, 3.05) is 13.1 Å². The third kappa shape index (κ3) is 2.56. The Balaban J connectivity index is 1.52. The number of aryl methyl sites for hydroxylation is 1. The fourth-order valence-electron chi connectivity index (χ4n) is 3.55. The highest BCUT2D eigenvalue weighted by molar-refractivity contribution is 5.46. The lowest BCUT2D eigenvalue weighted by molar-refractivity contribution is 0.418. The number of rotatable bonds is 4. The summed E-state index contributed by atoms with van der Waals surface area (Å²) in [6.07, 6.45) is 3.95. The highest BCUT2D eigenvalue weighted by Gasteiger charge is 2.57. The van der Waals surface area contributed by atoms with Crippen LogP contribution < -0.4 is 10.6 Å². The van der Waals surface area contributed by atoms with E-state index in [1.807, 2.05) is 0 Å². The second-order valence-electron chi connectivity index (χ2n) is 7.20. The van der Waals surface area contributed by atoms with E-state index < -0.39 is 0 Å². The first-order valence-electron chi connectivity index (χ1n) is 7.58. The molecule has 1 spiro atoms. The van der Waals surface area contributed by atoms with Crippen molar-refractivity contribution in [2.45, 2.75) is 57.0 Å². The van der Waals surface area contributed by atoms with E-state index in [2.05, 4.69) is 55.7 Å². The lowest BCUT2D eigenvalue weighted by Gasteiger charge is -2.21. The van der Waals surface area contributed by atoms with Crippen molar-refractivity contribution in [1.29, 1.82) is 0 Å². The third-order valence-electron chi connectivity index (χ3n) is 4.64. The van der Waals surface area contributed by atoms with Gasteiger partial charge in [0.1, 0.15) is 0 Å². The van der Waals surface area contributed by atoms with Crippen LogP contribution in [0.1, 0.15) is 44.7 Å². The molecule has 0 aliphatic heterocycles. The largest absolute Gasteiger partial charge is 0.312 e. The van der Waals surface area contributed by atoms with Gasteiger partial charge >= 0.3 is 0 Å². The summed E-state index contributed by atoms with van der Waals surface area (Å²) in [7, 11) is 0. The minimum atomic E-state index is 0.225. The van der Waals surface area contributed by atoms with E-state index >= 15 is 0 Å². The predicted octanol–water partition coefficient (Wildman–Crippen LogP) is 2.62. The molecule has 2 aliphatic rings. The Morgan fingerprint density at radius 2 is 2.00 bits per heavy atom. The molecular formula is C17H26N2. The molecule has 2 N–H and O–H groups in total. The minimum absolute atomic E-state index is 0.225. The quantitative estimate of drug-likeness (QED) is 0.811. The molecule has 19 heavy (non-hydrogen) atoms. The van der Waals surface area contributed by atoms with E-state index in [9.17, 15) is 0 Å². The number of hydrogen-bond donors (Lipinski definition) is 2. The van der Waals surface area contributed by atoms with Gasteiger partial charge in [0, 0.05) is 30.1 Å². The van der Waals surface area contributed by atoms with Gasteiger partial charge in [-0.1, -0.05) is 24.3 Å². The van der Waals surface area contributed by atoms with Crippen LogP contribution in [-0.4, -0.2) is 24.7 Å². The molecule has 0 aromatic heterocycles. The molecule has 1 fully saturated rings. The lowest BCUT2D eigenvalue weighted by Crippen LogP contribution is -2.41. The van der Waals surface area contributed by atoms with Gasteiger partial charge in [-0.15, -0.1) is 0 Å². The molecule has 1 aromatic carbocycles. The number of nitrogens with one attached hydrogen (secondary N) is 2. The van der Waals surface area contributed by atoms with Gasteiger partial charge in [0.2, 0.25) is 0 Å². The highest BCUT2D eigenvalue weighted by Crippen LogP contribution is 2.56. The van der Waals surface area contributed by atoms with Gasteiger partial charge in [0.05, 0.1) is 0 Å².